The highest BCUT2D eigenvalue weighted by Gasteiger charge is 2.31. The molecule has 3 aromatic rings. The van der Waals surface area contributed by atoms with E-state index in [0.29, 0.717) is 17.5 Å². The topological polar surface area (TPSA) is 32.9 Å². The summed E-state index contributed by atoms with van der Waals surface area (Å²) >= 11 is 0. The highest BCUT2D eigenvalue weighted by atomic mass is 19.4. The number of aldehydes is 1. The largest absolute Gasteiger partial charge is 0.416 e. The zero-order valence-electron chi connectivity index (χ0n) is 12.4. The number of H-pyrrole nitrogens is 1. The van der Waals surface area contributed by atoms with Crippen molar-refractivity contribution in [2.24, 2.45) is 0 Å². The van der Waals surface area contributed by atoms with Gasteiger partial charge in [-0.05, 0) is 35.7 Å². The maximum Gasteiger partial charge on any atom is 0.416 e. The summed E-state index contributed by atoms with van der Waals surface area (Å²) in [4.78, 5) is 14.5. The van der Waals surface area contributed by atoms with E-state index in [-0.39, 0.29) is 10.9 Å². The smallest absolute Gasteiger partial charge is 0.354 e. The first-order valence-corrected chi connectivity index (χ1v) is 7.21. The maximum absolute atomic E-state index is 12.9. The normalized spacial score (nSPS) is 11.8. The van der Waals surface area contributed by atoms with Crippen LogP contribution in [-0.2, 0) is 12.6 Å². The fourth-order valence-corrected chi connectivity index (χ4v) is 2.65. The first kappa shape index (κ1) is 15.3. The van der Waals surface area contributed by atoms with Gasteiger partial charge in [-0.2, -0.15) is 13.2 Å². The zero-order valence-corrected chi connectivity index (χ0v) is 12.4. The third-order valence-corrected chi connectivity index (χ3v) is 3.93. The Labute approximate surface area is 130 Å². The number of aryl methyl sites for hydroxylation is 1. The van der Waals surface area contributed by atoms with E-state index in [1.54, 1.807) is 0 Å². The summed E-state index contributed by atoms with van der Waals surface area (Å²) < 4.78 is 38.6. The number of aromatic amines is 1. The third kappa shape index (κ3) is 2.74. The number of aromatic nitrogens is 1. The second-order valence-corrected chi connectivity index (χ2v) is 5.34. The fraction of sp³-hybridized carbons (Fsp3) is 0.167. The van der Waals surface area contributed by atoms with Crippen LogP contribution in [0.1, 0.15) is 28.4 Å². The quantitative estimate of drug-likeness (QED) is 0.659. The predicted molar refractivity (Wildman–Crippen MR) is 83.5 cm³/mol. The molecule has 23 heavy (non-hydrogen) atoms. The first-order chi connectivity index (χ1) is 10.9. The molecule has 0 unspecified atom stereocenters. The Bertz CT molecular complexity index is 860. The highest BCUT2D eigenvalue weighted by Crippen LogP contribution is 2.35. The molecular weight excluding hydrogens is 303 g/mol. The Morgan fingerprint density at radius 2 is 1.78 bits per heavy atom. The summed E-state index contributed by atoms with van der Waals surface area (Å²) in [6, 6.07) is 11.0. The molecule has 1 heterocycles. The Hall–Kier alpha value is -2.56. The first-order valence-electron chi connectivity index (χ1n) is 7.21. The number of fused-ring (bicyclic) bond motifs is 1. The summed E-state index contributed by atoms with van der Waals surface area (Å²) in [6.45, 7) is 2.04. The molecule has 1 aromatic heterocycles. The molecule has 118 valence electrons. The van der Waals surface area contributed by atoms with Crippen molar-refractivity contribution in [3.63, 3.8) is 0 Å². The lowest BCUT2D eigenvalue weighted by Crippen LogP contribution is -2.04. The van der Waals surface area contributed by atoms with Gasteiger partial charge in [0.2, 0.25) is 0 Å². The molecule has 0 bridgehead atoms. The van der Waals surface area contributed by atoms with Gasteiger partial charge in [-0.1, -0.05) is 31.2 Å². The van der Waals surface area contributed by atoms with Gasteiger partial charge >= 0.3 is 6.18 Å². The molecule has 0 atom stereocenters. The van der Waals surface area contributed by atoms with E-state index < -0.39 is 11.7 Å². The van der Waals surface area contributed by atoms with Crippen LogP contribution < -0.4 is 0 Å². The van der Waals surface area contributed by atoms with Crippen molar-refractivity contribution in [3.8, 4) is 11.3 Å². The highest BCUT2D eigenvalue weighted by molar-refractivity contribution is 6.04. The van der Waals surface area contributed by atoms with Crippen molar-refractivity contribution >= 4 is 17.2 Å². The van der Waals surface area contributed by atoms with E-state index in [9.17, 15) is 18.0 Å². The van der Waals surface area contributed by atoms with E-state index in [4.69, 9.17) is 0 Å². The van der Waals surface area contributed by atoms with Crippen molar-refractivity contribution in [1.82, 2.24) is 4.98 Å². The van der Waals surface area contributed by atoms with Crippen molar-refractivity contribution in [2.45, 2.75) is 19.5 Å². The van der Waals surface area contributed by atoms with Gasteiger partial charge in [0.25, 0.3) is 0 Å². The molecule has 0 saturated heterocycles. The molecule has 3 rings (SSSR count). The lowest BCUT2D eigenvalue weighted by molar-refractivity contribution is -0.137. The summed E-state index contributed by atoms with van der Waals surface area (Å²) in [6.07, 6.45) is -2.95. The van der Waals surface area contributed by atoms with Crippen molar-refractivity contribution < 1.29 is 18.0 Å². The third-order valence-electron chi connectivity index (χ3n) is 3.93. The van der Waals surface area contributed by atoms with Gasteiger partial charge < -0.3 is 4.98 Å². The van der Waals surface area contributed by atoms with Gasteiger partial charge in [-0.15, -0.1) is 0 Å². The molecular formula is C18H14F3NO. The molecule has 5 heteroatoms. The van der Waals surface area contributed by atoms with Crippen LogP contribution in [0.2, 0.25) is 0 Å². The zero-order chi connectivity index (χ0) is 16.6. The number of benzene rings is 2. The summed E-state index contributed by atoms with van der Waals surface area (Å²) in [7, 11) is 0. The van der Waals surface area contributed by atoms with Gasteiger partial charge in [0.05, 0.1) is 11.3 Å². The standard InChI is InChI=1S/C18H14F3NO/c1-2-11-3-5-12(6-4-11)17-15(10-23)14-9-13(18(19,20)21)7-8-16(14)22-17/h3-10,22H,2H2,1H3. The Morgan fingerprint density at radius 3 is 2.35 bits per heavy atom. The molecule has 0 aliphatic heterocycles. The molecule has 1 N–H and O–H groups in total. The molecule has 2 aromatic carbocycles. The number of nitrogens with one attached hydrogen (secondary N) is 1. The van der Waals surface area contributed by atoms with Crippen LogP contribution >= 0.6 is 0 Å². The second-order valence-electron chi connectivity index (χ2n) is 5.34. The lowest BCUT2D eigenvalue weighted by atomic mass is 10.0. The number of halogens is 3. The van der Waals surface area contributed by atoms with Crippen LogP contribution in [0.25, 0.3) is 22.2 Å². The Morgan fingerprint density at radius 1 is 1.09 bits per heavy atom. The average molecular weight is 317 g/mol. The van der Waals surface area contributed by atoms with Crippen molar-refractivity contribution in [2.75, 3.05) is 0 Å². The number of rotatable bonds is 3. The summed E-state index contributed by atoms with van der Waals surface area (Å²) in [5.41, 5.74) is 2.45. The van der Waals surface area contributed by atoms with E-state index in [0.717, 1.165) is 29.7 Å². The molecule has 0 spiro atoms. The molecule has 0 radical (unpaired) electrons. The number of carbonyl (C=O) groups is 1. The van der Waals surface area contributed by atoms with Gasteiger partial charge in [-0.25, -0.2) is 0 Å². The number of alkyl halides is 3. The second kappa shape index (κ2) is 5.57. The van der Waals surface area contributed by atoms with E-state index in [2.05, 4.69) is 4.98 Å². The van der Waals surface area contributed by atoms with Crippen LogP contribution in [0.4, 0.5) is 13.2 Å². The fourth-order valence-electron chi connectivity index (χ4n) is 2.65. The van der Waals surface area contributed by atoms with Crippen molar-refractivity contribution in [1.29, 1.82) is 0 Å². The Kier molecular flexibility index (Phi) is 3.72. The molecule has 2 nitrogen and oxygen atoms in total. The molecule has 0 amide bonds. The maximum atomic E-state index is 12.9. The van der Waals surface area contributed by atoms with E-state index in [1.807, 2.05) is 31.2 Å². The van der Waals surface area contributed by atoms with Gasteiger partial charge in [0.1, 0.15) is 0 Å². The molecule has 0 aliphatic carbocycles. The summed E-state index contributed by atoms with van der Waals surface area (Å²) in [5.74, 6) is 0. The lowest BCUT2D eigenvalue weighted by Gasteiger charge is -2.06. The van der Waals surface area contributed by atoms with Crippen LogP contribution in [0.3, 0.4) is 0 Å². The molecule has 0 fully saturated rings. The predicted octanol–water partition coefficient (Wildman–Crippen LogP) is 5.23. The van der Waals surface area contributed by atoms with Crippen LogP contribution in [-0.4, -0.2) is 11.3 Å². The Balaban J connectivity index is 2.19. The minimum atomic E-state index is -4.44. The molecule has 0 saturated carbocycles. The van der Waals surface area contributed by atoms with Crippen LogP contribution in [0, 0.1) is 0 Å². The van der Waals surface area contributed by atoms with Gasteiger partial charge in [0.15, 0.2) is 6.29 Å². The minimum Gasteiger partial charge on any atom is -0.354 e. The average Bonchev–Trinajstić information content (AvgIpc) is 2.91. The van der Waals surface area contributed by atoms with Gasteiger partial charge in [0, 0.05) is 16.5 Å². The molecule has 0 aliphatic rings. The monoisotopic (exact) mass is 317 g/mol. The van der Waals surface area contributed by atoms with Gasteiger partial charge in [-0.3, -0.25) is 4.79 Å². The summed E-state index contributed by atoms with van der Waals surface area (Å²) in [5, 5.41) is 0.282. The van der Waals surface area contributed by atoms with E-state index >= 15 is 0 Å². The minimum absolute atomic E-state index is 0.246. The van der Waals surface area contributed by atoms with E-state index in [1.165, 1.54) is 6.07 Å². The number of hydrogen-bond donors (Lipinski definition) is 1. The van der Waals surface area contributed by atoms with Crippen LogP contribution in [0.15, 0.2) is 42.5 Å². The van der Waals surface area contributed by atoms with Crippen molar-refractivity contribution in [3.05, 3.63) is 59.2 Å². The van der Waals surface area contributed by atoms with Crippen LogP contribution in [0.5, 0.6) is 0 Å². The number of carbonyl (C=O) groups excluding carboxylic acids is 1. The number of hydrogen-bond acceptors (Lipinski definition) is 1. The SMILES string of the molecule is CCc1ccc(-c2[nH]c3ccc(C(F)(F)F)cc3c2C=O)cc1.